The Morgan fingerprint density at radius 3 is 2.70 bits per heavy atom. The molecule has 0 aliphatic carbocycles. The van der Waals surface area contributed by atoms with Crippen molar-refractivity contribution in [3.8, 4) is 0 Å². The van der Waals surface area contributed by atoms with Crippen LogP contribution in [0.1, 0.15) is 46.5 Å². The number of hydrogen-bond donors (Lipinski definition) is 2. The molecule has 2 rings (SSSR count). The van der Waals surface area contributed by atoms with Crippen LogP contribution in [-0.2, 0) is 9.59 Å². The molecule has 2 heterocycles. The topological polar surface area (TPSA) is 61.4 Å². The lowest BCUT2D eigenvalue weighted by Crippen LogP contribution is -2.59. The van der Waals surface area contributed by atoms with Gasteiger partial charge in [-0.3, -0.25) is 9.59 Å². The van der Waals surface area contributed by atoms with Gasteiger partial charge in [-0.05, 0) is 37.6 Å². The molecule has 5 nitrogen and oxygen atoms in total. The Morgan fingerprint density at radius 2 is 2.05 bits per heavy atom. The van der Waals surface area contributed by atoms with Crippen LogP contribution in [0.25, 0.3) is 0 Å². The van der Waals surface area contributed by atoms with Gasteiger partial charge in [-0.25, -0.2) is 0 Å². The Bertz CT molecular complexity index is 381. The fourth-order valence-electron chi connectivity index (χ4n) is 3.40. The second kappa shape index (κ2) is 6.12. The number of carbonyl (C=O) groups is 2. The molecule has 2 fully saturated rings. The maximum Gasteiger partial charge on any atom is 0.240 e. The minimum Gasteiger partial charge on any atom is -0.352 e. The van der Waals surface area contributed by atoms with Gasteiger partial charge in [-0.2, -0.15) is 0 Å². The first-order valence-corrected chi connectivity index (χ1v) is 7.69. The third-order valence-electron chi connectivity index (χ3n) is 4.52. The van der Waals surface area contributed by atoms with Crippen molar-refractivity contribution in [3.05, 3.63) is 0 Å². The van der Waals surface area contributed by atoms with E-state index in [1.54, 1.807) is 0 Å². The second-order valence-corrected chi connectivity index (χ2v) is 6.80. The SMILES string of the molecule is CC(=O)NC1CCCN(C(=O)C2NCCCC2(C)C)C1. The smallest absolute Gasteiger partial charge is 0.240 e. The van der Waals surface area contributed by atoms with E-state index < -0.39 is 0 Å². The number of amides is 2. The van der Waals surface area contributed by atoms with E-state index in [1.807, 2.05) is 4.90 Å². The summed E-state index contributed by atoms with van der Waals surface area (Å²) in [4.78, 5) is 25.8. The summed E-state index contributed by atoms with van der Waals surface area (Å²) in [6, 6.07) is 0.0178. The van der Waals surface area contributed by atoms with E-state index in [2.05, 4.69) is 24.5 Å². The molecule has 2 atom stereocenters. The summed E-state index contributed by atoms with van der Waals surface area (Å²) in [5, 5.41) is 6.32. The van der Waals surface area contributed by atoms with E-state index in [4.69, 9.17) is 0 Å². The van der Waals surface area contributed by atoms with Gasteiger partial charge in [0.2, 0.25) is 11.8 Å². The van der Waals surface area contributed by atoms with Crippen LogP contribution in [0.3, 0.4) is 0 Å². The van der Waals surface area contributed by atoms with Gasteiger partial charge >= 0.3 is 0 Å². The van der Waals surface area contributed by atoms with E-state index in [0.29, 0.717) is 6.54 Å². The van der Waals surface area contributed by atoms with Gasteiger partial charge in [0, 0.05) is 26.1 Å². The van der Waals surface area contributed by atoms with Crippen molar-refractivity contribution < 1.29 is 9.59 Å². The van der Waals surface area contributed by atoms with Crippen molar-refractivity contribution in [1.82, 2.24) is 15.5 Å². The van der Waals surface area contributed by atoms with Crippen molar-refractivity contribution in [1.29, 1.82) is 0 Å². The molecular formula is C15H27N3O2. The van der Waals surface area contributed by atoms with Crippen molar-refractivity contribution in [2.45, 2.75) is 58.5 Å². The monoisotopic (exact) mass is 281 g/mol. The first-order valence-electron chi connectivity index (χ1n) is 7.69. The Morgan fingerprint density at radius 1 is 1.30 bits per heavy atom. The molecular weight excluding hydrogens is 254 g/mol. The molecule has 0 spiro atoms. The van der Waals surface area contributed by atoms with Crippen LogP contribution in [0.15, 0.2) is 0 Å². The van der Waals surface area contributed by atoms with Gasteiger partial charge in [0.05, 0.1) is 6.04 Å². The molecule has 2 aliphatic rings. The lowest BCUT2D eigenvalue weighted by molar-refractivity contribution is -0.139. The number of likely N-dealkylation sites (tertiary alicyclic amines) is 1. The van der Waals surface area contributed by atoms with Gasteiger partial charge in [0.1, 0.15) is 0 Å². The fraction of sp³-hybridized carbons (Fsp3) is 0.867. The van der Waals surface area contributed by atoms with Crippen LogP contribution in [0.2, 0.25) is 0 Å². The van der Waals surface area contributed by atoms with Crippen molar-refractivity contribution >= 4 is 11.8 Å². The van der Waals surface area contributed by atoms with Crippen LogP contribution >= 0.6 is 0 Å². The van der Waals surface area contributed by atoms with Crippen molar-refractivity contribution in [3.63, 3.8) is 0 Å². The molecule has 0 saturated carbocycles. The zero-order valence-electron chi connectivity index (χ0n) is 12.9. The first-order chi connectivity index (χ1) is 9.40. The highest BCUT2D eigenvalue weighted by Gasteiger charge is 2.40. The molecule has 2 aliphatic heterocycles. The number of piperidine rings is 2. The molecule has 2 amide bonds. The lowest BCUT2D eigenvalue weighted by Gasteiger charge is -2.42. The maximum atomic E-state index is 12.8. The minimum atomic E-state index is -0.0904. The molecule has 20 heavy (non-hydrogen) atoms. The Kier molecular flexibility index (Phi) is 4.68. The maximum absolute atomic E-state index is 12.8. The van der Waals surface area contributed by atoms with E-state index in [1.165, 1.54) is 6.92 Å². The quantitative estimate of drug-likeness (QED) is 0.790. The molecule has 0 aromatic heterocycles. The minimum absolute atomic E-state index is 0.0102. The third kappa shape index (κ3) is 3.51. The Hall–Kier alpha value is -1.10. The molecule has 0 bridgehead atoms. The summed E-state index contributed by atoms with van der Waals surface area (Å²) in [5.41, 5.74) is 0.0102. The predicted molar refractivity (Wildman–Crippen MR) is 78.2 cm³/mol. The molecule has 2 saturated heterocycles. The molecule has 2 N–H and O–H groups in total. The molecule has 0 aromatic carbocycles. The molecule has 114 valence electrons. The number of hydrogen-bond acceptors (Lipinski definition) is 3. The van der Waals surface area contributed by atoms with E-state index in [-0.39, 0.29) is 29.3 Å². The summed E-state index contributed by atoms with van der Waals surface area (Å²) in [6.07, 6.45) is 4.14. The van der Waals surface area contributed by atoms with Gasteiger partial charge in [-0.1, -0.05) is 13.8 Å². The average Bonchev–Trinajstić information content (AvgIpc) is 2.37. The van der Waals surface area contributed by atoms with Crippen molar-refractivity contribution in [2.24, 2.45) is 5.41 Å². The summed E-state index contributed by atoms with van der Waals surface area (Å²) >= 11 is 0. The summed E-state index contributed by atoms with van der Waals surface area (Å²) < 4.78 is 0. The molecule has 0 radical (unpaired) electrons. The van der Waals surface area contributed by atoms with E-state index in [9.17, 15) is 9.59 Å². The molecule has 0 aromatic rings. The van der Waals surface area contributed by atoms with Crippen LogP contribution in [-0.4, -0.2) is 48.4 Å². The number of rotatable bonds is 2. The van der Waals surface area contributed by atoms with Crippen LogP contribution in [0.5, 0.6) is 0 Å². The number of carbonyl (C=O) groups excluding carboxylic acids is 2. The highest BCUT2D eigenvalue weighted by molar-refractivity contribution is 5.83. The number of nitrogens with one attached hydrogen (secondary N) is 2. The van der Waals surface area contributed by atoms with Gasteiger partial charge in [0.15, 0.2) is 0 Å². The first kappa shape index (κ1) is 15.3. The summed E-state index contributed by atoms with van der Waals surface area (Å²) in [6.45, 7) is 8.24. The second-order valence-electron chi connectivity index (χ2n) is 6.80. The predicted octanol–water partition coefficient (Wildman–Crippen LogP) is 0.892. The highest BCUT2D eigenvalue weighted by Crippen LogP contribution is 2.31. The molecule has 2 unspecified atom stereocenters. The standard InChI is InChI=1S/C15H27N3O2/c1-11(19)17-12-6-4-9-18(10-12)14(20)13-15(2,3)7-5-8-16-13/h12-13,16H,4-10H2,1-3H3,(H,17,19). The summed E-state index contributed by atoms with van der Waals surface area (Å²) in [7, 11) is 0. The fourth-order valence-corrected chi connectivity index (χ4v) is 3.40. The normalized spacial score (nSPS) is 29.9. The van der Waals surface area contributed by atoms with Gasteiger partial charge in [-0.15, -0.1) is 0 Å². The zero-order valence-corrected chi connectivity index (χ0v) is 12.9. The van der Waals surface area contributed by atoms with Crippen LogP contribution < -0.4 is 10.6 Å². The average molecular weight is 281 g/mol. The Labute approximate surface area is 121 Å². The number of nitrogens with zero attached hydrogens (tertiary/aromatic N) is 1. The zero-order chi connectivity index (χ0) is 14.8. The van der Waals surface area contributed by atoms with E-state index in [0.717, 1.165) is 38.8 Å². The van der Waals surface area contributed by atoms with Crippen molar-refractivity contribution in [2.75, 3.05) is 19.6 Å². The lowest BCUT2D eigenvalue weighted by atomic mass is 9.77. The van der Waals surface area contributed by atoms with Gasteiger partial charge in [0.25, 0.3) is 0 Å². The van der Waals surface area contributed by atoms with Crippen LogP contribution in [0, 0.1) is 5.41 Å². The largest absolute Gasteiger partial charge is 0.352 e. The Balaban J connectivity index is 1.99. The highest BCUT2D eigenvalue weighted by atomic mass is 16.2. The van der Waals surface area contributed by atoms with Gasteiger partial charge < -0.3 is 15.5 Å². The van der Waals surface area contributed by atoms with E-state index >= 15 is 0 Å². The third-order valence-corrected chi connectivity index (χ3v) is 4.52. The van der Waals surface area contributed by atoms with Crippen LogP contribution in [0.4, 0.5) is 0 Å². The summed E-state index contributed by atoms with van der Waals surface area (Å²) in [5.74, 6) is 0.185. The molecule has 5 heteroatoms.